The molecule has 2 heterocycles. The molecule has 4 rings (SSSR count). The van der Waals surface area contributed by atoms with Crippen molar-refractivity contribution in [2.75, 3.05) is 4.90 Å². The second kappa shape index (κ2) is 8.94. The zero-order valence-corrected chi connectivity index (χ0v) is 19.0. The van der Waals surface area contributed by atoms with E-state index in [1.165, 1.54) is 0 Å². The van der Waals surface area contributed by atoms with Crippen molar-refractivity contribution in [2.24, 2.45) is 0 Å². The molecular weight excluding hydrogens is 402 g/mol. The van der Waals surface area contributed by atoms with E-state index in [2.05, 4.69) is 35.5 Å². The summed E-state index contributed by atoms with van der Waals surface area (Å²) in [6.45, 7) is 8.40. The zero-order valence-electron chi connectivity index (χ0n) is 19.0. The van der Waals surface area contributed by atoms with Crippen LogP contribution in [0.25, 0.3) is 22.5 Å². The Morgan fingerprint density at radius 1 is 0.969 bits per heavy atom. The van der Waals surface area contributed by atoms with Gasteiger partial charge in [0.15, 0.2) is 0 Å². The van der Waals surface area contributed by atoms with E-state index >= 15 is 0 Å². The maximum Gasteiger partial charge on any atom is 0.227 e. The Morgan fingerprint density at radius 2 is 1.66 bits per heavy atom. The molecule has 0 spiro atoms. The fourth-order valence-corrected chi connectivity index (χ4v) is 4.11. The average molecular weight is 432 g/mol. The van der Waals surface area contributed by atoms with Crippen LogP contribution in [0, 0.1) is 0 Å². The molecule has 1 aromatic heterocycles. The van der Waals surface area contributed by atoms with Crippen LogP contribution in [0.15, 0.2) is 48.5 Å². The van der Waals surface area contributed by atoms with Gasteiger partial charge in [0, 0.05) is 36.1 Å². The number of rotatable bonds is 5. The molecule has 1 aliphatic heterocycles. The van der Waals surface area contributed by atoms with E-state index in [9.17, 15) is 9.59 Å². The second-order valence-electron chi connectivity index (χ2n) is 8.70. The second-order valence-corrected chi connectivity index (χ2v) is 8.70. The summed E-state index contributed by atoms with van der Waals surface area (Å²) >= 11 is 0. The van der Waals surface area contributed by atoms with Gasteiger partial charge in [0.05, 0.1) is 17.9 Å². The molecule has 0 unspecified atom stereocenters. The Balaban J connectivity index is 1.80. The van der Waals surface area contributed by atoms with Crippen LogP contribution >= 0.6 is 0 Å². The number of carbonyl (C=O) groups excluding carboxylic acids is 2. The molecule has 1 N–H and O–H groups in total. The van der Waals surface area contributed by atoms with Gasteiger partial charge < -0.3 is 10.2 Å². The van der Waals surface area contributed by atoms with Gasteiger partial charge in [-0.05, 0) is 39.3 Å². The standard InChI is InChI=1S/C25H29N5O2/c1-16(2)26-22(31)13-14-23(32)29-15-18-9-5-6-10-19(18)25-24(27-28-30(25)17(3)4)20-11-7-8-12-21(20)29/h5-12,16-17H,13-15H2,1-4H3,(H,26,31). The molecule has 7 nitrogen and oxygen atoms in total. The van der Waals surface area contributed by atoms with Gasteiger partial charge in [-0.1, -0.05) is 47.7 Å². The van der Waals surface area contributed by atoms with Gasteiger partial charge in [0.25, 0.3) is 0 Å². The number of nitrogens with one attached hydrogen (secondary N) is 1. The maximum atomic E-state index is 13.4. The molecule has 32 heavy (non-hydrogen) atoms. The monoisotopic (exact) mass is 431 g/mol. The van der Waals surface area contributed by atoms with Crippen LogP contribution in [-0.2, 0) is 16.1 Å². The number of nitrogens with zero attached hydrogens (tertiary/aromatic N) is 4. The van der Waals surface area contributed by atoms with Crippen molar-refractivity contribution in [3.8, 4) is 22.5 Å². The van der Waals surface area contributed by atoms with E-state index < -0.39 is 0 Å². The number of hydrogen-bond acceptors (Lipinski definition) is 4. The number of para-hydroxylation sites is 1. The highest BCUT2D eigenvalue weighted by Gasteiger charge is 2.29. The number of hydrogen-bond donors (Lipinski definition) is 1. The summed E-state index contributed by atoms with van der Waals surface area (Å²) in [5.74, 6) is -0.206. The Morgan fingerprint density at radius 3 is 2.38 bits per heavy atom. The van der Waals surface area contributed by atoms with Gasteiger partial charge in [-0.25, -0.2) is 4.68 Å². The number of anilines is 1. The predicted molar refractivity (Wildman–Crippen MR) is 125 cm³/mol. The van der Waals surface area contributed by atoms with E-state index in [4.69, 9.17) is 0 Å². The number of aromatic nitrogens is 3. The Hall–Kier alpha value is -3.48. The summed E-state index contributed by atoms with van der Waals surface area (Å²) in [5.41, 5.74) is 5.42. The van der Waals surface area contributed by atoms with Crippen molar-refractivity contribution in [2.45, 2.75) is 59.2 Å². The third-order valence-corrected chi connectivity index (χ3v) is 5.55. The molecule has 3 aromatic rings. The van der Waals surface area contributed by atoms with Crippen molar-refractivity contribution >= 4 is 17.5 Å². The fourth-order valence-electron chi connectivity index (χ4n) is 4.11. The SMILES string of the molecule is CC(C)NC(=O)CCC(=O)N1Cc2ccccc2-c2c(nnn2C(C)C)-c2ccccc21. The third-order valence-electron chi connectivity index (χ3n) is 5.55. The average Bonchev–Trinajstić information content (AvgIpc) is 3.19. The molecule has 0 aliphatic carbocycles. The molecule has 7 heteroatoms. The highest BCUT2D eigenvalue weighted by atomic mass is 16.2. The van der Waals surface area contributed by atoms with Crippen molar-refractivity contribution in [3.05, 3.63) is 54.1 Å². The lowest BCUT2D eigenvalue weighted by Crippen LogP contribution is -2.34. The molecule has 0 atom stereocenters. The molecule has 166 valence electrons. The van der Waals surface area contributed by atoms with E-state index in [-0.39, 0.29) is 36.7 Å². The Labute approximate surface area is 188 Å². The first kappa shape index (κ1) is 21.7. The van der Waals surface area contributed by atoms with Crippen molar-refractivity contribution in [3.63, 3.8) is 0 Å². The highest BCUT2D eigenvalue weighted by molar-refractivity contribution is 6.01. The van der Waals surface area contributed by atoms with Gasteiger partial charge in [-0.3, -0.25) is 9.59 Å². The summed E-state index contributed by atoms with van der Waals surface area (Å²) in [5, 5.41) is 11.8. The summed E-state index contributed by atoms with van der Waals surface area (Å²) in [6.07, 6.45) is 0.298. The number of fused-ring (bicyclic) bond motifs is 5. The molecular formula is C25H29N5O2. The van der Waals surface area contributed by atoms with Gasteiger partial charge in [0.2, 0.25) is 11.8 Å². The molecule has 2 amide bonds. The lowest BCUT2D eigenvalue weighted by atomic mass is 9.95. The zero-order chi connectivity index (χ0) is 22.8. The summed E-state index contributed by atoms with van der Waals surface area (Å²) in [6, 6.07) is 16.1. The van der Waals surface area contributed by atoms with Crippen molar-refractivity contribution in [1.29, 1.82) is 0 Å². The van der Waals surface area contributed by atoms with Gasteiger partial charge in [-0.15, -0.1) is 5.10 Å². The number of amides is 2. The molecule has 0 fully saturated rings. The molecule has 2 aromatic carbocycles. The molecule has 0 radical (unpaired) electrons. The molecule has 1 aliphatic rings. The minimum absolute atomic E-state index is 0.0499. The van der Waals surface area contributed by atoms with Crippen molar-refractivity contribution in [1.82, 2.24) is 20.3 Å². The first-order chi connectivity index (χ1) is 15.4. The van der Waals surface area contributed by atoms with E-state index in [0.717, 1.165) is 33.8 Å². The first-order valence-electron chi connectivity index (χ1n) is 11.1. The highest BCUT2D eigenvalue weighted by Crippen LogP contribution is 2.41. The van der Waals surface area contributed by atoms with E-state index in [0.29, 0.717) is 6.54 Å². The molecule has 0 saturated carbocycles. The van der Waals surface area contributed by atoms with Crippen LogP contribution in [0.1, 0.15) is 52.1 Å². The van der Waals surface area contributed by atoms with Gasteiger partial charge in [-0.2, -0.15) is 0 Å². The Bertz CT molecular complexity index is 1150. The van der Waals surface area contributed by atoms with E-state index in [1.807, 2.05) is 61.0 Å². The normalized spacial score (nSPS) is 12.6. The van der Waals surface area contributed by atoms with Gasteiger partial charge >= 0.3 is 0 Å². The Kier molecular flexibility index (Phi) is 6.08. The van der Waals surface area contributed by atoms with Crippen molar-refractivity contribution < 1.29 is 9.59 Å². The minimum atomic E-state index is -0.115. The van der Waals surface area contributed by atoms with Crippen LogP contribution in [-0.4, -0.2) is 32.9 Å². The summed E-state index contributed by atoms with van der Waals surface area (Å²) in [4.78, 5) is 27.3. The first-order valence-corrected chi connectivity index (χ1v) is 11.1. The lowest BCUT2D eigenvalue weighted by Gasteiger charge is -2.29. The van der Waals surface area contributed by atoms with Crippen LogP contribution in [0.5, 0.6) is 0 Å². The largest absolute Gasteiger partial charge is 0.354 e. The van der Waals surface area contributed by atoms with Gasteiger partial charge in [0.1, 0.15) is 5.69 Å². The summed E-state index contributed by atoms with van der Waals surface area (Å²) in [7, 11) is 0. The quantitative estimate of drug-likeness (QED) is 0.652. The predicted octanol–water partition coefficient (Wildman–Crippen LogP) is 4.34. The van der Waals surface area contributed by atoms with Crippen LogP contribution in [0.3, 0.4) is 0 Å². The number of benzene rings is 2. The minimum Gasteiger partial charge on any atom is -0.354 e. The van der Waals surface area contributed by atoms with Crippen LogP contribution in [0.2, 0.25) is 0 Å². The molecule has 0 bridgehead atoms. The summed E-state index contributed by atoms with van der Waals surface area (Å²) < 4.78 is 1.94. The van der Waals surface area contributed by atoms with Crippen LogP contribution in [0.4, 0.5) is 5.69 Å². The maximum absolute atomic E-state index is 13.4. The molecule has 0 saturated heterocycles. The topological polar surface area (TPSA) is 80.1 Å². The number of carbonyl (C=O) groups is 2. The van der Waals surface area contributed by atoms with E-state index in [1.54, 1.807) is 4.90 Å². The third kappa shape index (κ3) is 4.15. The fraction of sp³-hybridized carbons (Fsp3) is 0.360. The van der Waals surface area contributed by atoms with Crippen LogP contribution < -0.4 is 10.2 Å². The smallest absolute Gasteiger partial charge is 0.227 e. The lowest BCUT2D eigenvalue weighted by molar-refractivity contribution is -0.125.